The quantitative estimate of drug-likeness (QED) is 0.0474. The lowest BCUT2D eigenvalue weighted by molar-refractivity contribution is -0.119. The number of nitrogens with one attached hydrogen (secondary N) is 1. The van der Waals surface area contributed by atoms with Gasteiger partial charge < -0.3 is 14.9 Å². The highest BCUT2D eigenvalue weighted by molar-refractivity contribution is 6.36. The number of allylic oxidation sites excluding steroid dienone is 3. The standard InChI is InChI=1S/C50H60F4N2O3/c51-42-29-30-44(58-31-19-10-6-3-5-9-16-26-45(52)53)48(49(42)54)47-43(56-59-32-20-11-7-2-1-4-8-13-21-36-27-28-36)35-40-39-25-18-17-24-38(39)34-41(40)50(47)55-46(57)33-37-22-14-12-15-23-37/h12,14-15,17-18,22-25,29-30,34-36,45H,1-11,13,16,19-21,26-28,31-33H2,(H,55,57)/b56-43-. The third kappa shape index (κ3) is 13.4. The van der Waals surface area contributed by atoms with E-state index in [-0.39, 0.29) is 48.0 Å². The molecule has 1 saturated carbocycles. The maximum Gasteiger partial charge on any atom is 0.238 e. The molecule has 0 spiro atoms. The molecular weight excluding hydrogens is 753 g/mol. The van der Waals surface area contributed by atoms with E-state index in [9.17, 15) is 13.6 Å². The van der Waals surface area contributed by atoms with Crippen LogP contribution in [0.1, 0.15) is 144 Å². The van der Waals surface area contributed by atoms with Gasteiger partial charge in [-0.1, -0.05) is 150 Å². The number of unbranched alkanes of at least 4 members (excludes halogenated alkanes) is 13. The number of amides is 1. The summed E-state index contributed by atoms with van der Waals surface area (Å²) < 4.78 is 62.9. The van der Waals surface area contributed by atoms with Crippen LogP contribution in [0.15, 0.2) is 89.2 Å². The highest BCUT2D eigenvalue weighted by Crippen LogP contribution is 2.46. The second kappa shape index (κ2) is 23.2. The Labute approximate surface area is 348 Å². The lowest BCUT2D eigenvalue weighted by Crippen LogP contribution is -2.29. The van der Waals surface area contributed by atoms with Crippen molar-refractivity contribution in [1.29, 1.82) is 0 Å². The molecule has 0 bridgehead atoms. The number of carbonyl (C=O) groups is 1. The van der Waals surface area contributed by atoms with Crippen molar-refractivity contribution < 1.29 is 31.9 Å². The molecule has 5 nitrogen and oxygen atoms in total. The van der Waals surface area contributed by atoms with Gasteiger partial charge >= 0.3 is 0 Å². The molecule has 3 aliphatic rings. The second-order valence-electron chi connectivity index (χ2n) is 16.3. The van der Waals surface area contributed by atoms with Gasteiger partial charge in [0.15, 0.2) is 11.6 Å². The molecule has 1 N–H and O–H groups in total. The van der Waals surface area contributed by atoms with Crippen LogP contribution in [0.3, 0.4) is 0 Å². The van der Waals surface area contributed by atoms with Crippen LogP contribution >= 0.6 is 0 Å². The average Bonchev–Trinajstić information content (AvgIpc) is 3.99. The van der Waals surface area contributed by atoms with E-state index in [0.717, 1.165) is 85.6 Å². The van der Waals surface area contributed by atoms with Crippen LogP contribution in [0.4, 0.5) is 17.6 Å². The second-order valence-corrected chi connectivity index (χ2v) is 16.3. The maximum absolute atomic E-state index is 16.4. The number of hydrogen-bond acceptors (Lipinski definition) is 4. The van der Waals surface area contributed by atoms with E-state index in [2.05, 4.69) is 10.5 Å². The van der Waals surface area contributed by atoms with Crippen LogP contribution in [0.2, 0.25) is 0 Å². The number of carbonyl (C=O) groups excluding carboxylic acids is 1. The summed E-state index contributed by atoms with van der Waals surface area (Å²) in [4.78, 5) is 19.8. The number of rotatable bonds is 27. The van der Waals surface area contributed by atoms with E-state index < -0.39 is 18.1 Å². The van der Waals surface area contributed by atoms with Gasteiger partial charge in [0.05, 0.1) is 24.3 Å². The summed E-state index contributed by atoms with van der Waals surface area (Å²) in [5, 5.41) is 7.69. The number of ether oxygens (including phenoxy) is 1. The summed E-state index contributed by atoms with van der Waals surface area (Å²) in [6, 6.07) is 19.7. The largest absolute Gasteiger partial charge is 0.493 e. The first-order valence-corrected chi connectivity index (χ1v) is 22.1. The van der Waals surface area contributed by atoms with Crippen LogP contribution in [0.25, 0.3) is 17.2 Å². The summed E-state index contributed by atoms with van der Waals surface area (Å²) in [6.07, 6.45) is 20.7. The van der Waals surface area contributed by atoms with Gasteiger partial charge in [0, 0.05) is 17.6 Å². The molecule has 316 valence electrons. The summed E-state index contributed by atoms with van der Waals surface area (Å²) in [6.45, 7) is 0.614. The Morgan fingerprint density at radius 2 is 1.36 bits per heavy atom. The minimum Gasteiger partial charge on any atom is -0.493 e. The van der Waals surface area contributed by atoms with E-state index in [1.165, 1.54) is 57.4 Å². The Morgan fingerprint density at radius 3 is 2.07 bits per heavy atom. The van der Waals surface area contributed by atoms with E-state index in [4.69, 9.17) is 9.57 Å². The fraction of sp³-hybridized carbons (Fsp3) is 0.480. The van der Waals surface area contributed by atoms with Crippen molar-refractivity contribution in [3.8, 4) is 5.75 Å². The fourth-order valence-corrected chi connectivity index (χ4v) is 8.04. The van der Waals surface area contributed by atoms with Crippen molar-refractivity contribution in [2.45, 2.75) is 135 Å². The molecule has 1 amide bonds. The van der Waals surface area contributed by atoms with E-state index in [0.29, 0.717) is 30.7 Å². The van der Waals surface area contributed by atoms with Crippen LogP contribution in [-0.2, 0) is 16.1 Å². The summed E-state index contributed by atoms with van der Waals surface area (Å²) in [7, 11) is 0. The summed E-state index contributed by atoms with van der Waals surface area (Å²) >= 11 is 0. The van der Waals surface area contributed by atoms with E-state index in [1.807, 2.05) is 66.7 Å². The zero-order valence-electron chi connectivity index (χ0n) is 34.4. The molecule has 0 radical (unpaired) electrons. The molecule has 0 heterocycles. The van der Waals surface area contributed by atoms with Crippen molar-refractivity contribution in [1.82, 2.24) is 5.32 Å². The Bertz CT molecular complexity index is 1950. The molecule has 0 atom stereocenters. The molecule has 3 aliphatic carbocycles. The van der Waals surface area contributed by atoms with Gasteiger partial charge in [-0.05, 0) is 78.1 Å². The molecule has 6 rings (SSSR count). The number of alkyl halides is 2. The first kappa shape index (κ1) is 43.9. The van der Waals surface area contributed by atoms with Crippen molar-refractivity contribution in [2.75, 3.05) is 13.2 Å². The minimum absolute atomic E-state index is 0.0562. The van der Waals surface area contributed by atoms with Gasteiger partial charge in [-0.2, -0.15) is 0 Å². The predicted octanol–water partition coefficient (Wildman–Crippen LogP) is 13.6. The first-order chi connectivity index (χ1) is 28.9. The Morgan fingerprint density at radius 1 is 0.712 bits per heavy atom. The van der Waals surface area contributed by atoms with Crippen LogP contribution < -0.4 is 10.1 Å². The molecule has 3 aromatic rings. The van der Waals surface area contributed by atoms with Crippen molar-refractivity contribution in [3.05, 3.63) is 118 Å². The van der Waals surface area contributed by atoms with Crippen molar-refractivity contribution >= 4 is 28.8 Å². The Balaban J connectivity index is 1.21. The van der Waals surface area contributed by atoms with E-state index in [1.54, 1.807) is 0 Å². The molecule has 0 aliphatic heterocycles. The van der Waals surface area contributed by atoms with Gasteiger partial charge in [0.1, 0.15) is 18.1 Å². The van der Waals surface area contributed by atoms with Gasteiger partial charge in [0.25, 0.3) is 0 Å². The Kier molecular flexibility index (Phi) is 17.3. The van der Waals surface area contributed by atoms with Gasteiger partial charge in [-0.15, -0.1) is 0 Å². The number of oxime groups is 1. The maximum atomic E-state index is 16.4. The number of fused-ring (bicyclic) bond motifs is 3. The third-order valence-electron chi connectivity index (χ3n) is 11.5. The average molecular weight is 813 g/mol. The van der Waals surface area contributed by atoms with Crippen LogP contribution in [0.5, 0.6) is 5.75 Å². The smallest absolute Gasteiger partial charge is 0.238 e. The zero-order valence-corrected chi connectivity index (χ0v) is 34.4. The summed E-state index contributed by atoms with van der Waals surface area (Å²) in [5.74, 6) is -1.34. The highest BCUT2D eigenvalue weighted by Gasteiger charge is 2.35. The van der Waals surface area contributed by atoms with Crippen molar-refractivity contribution in [3.63, 3.8) is 0 Å². The number of nitrogens with zero attached hydrogens (tertiary/aromatic N) is 1. The first-order valence-electron chi connectivity index (χ1n) is 22.1. The summed E-state index contributed by atoms with van der Waals surface area (Å²) in [5.41, 5.74) is 4.75. The molecular formula is C50H60F4N2O3. The number of benzene rings is 3. The van der Waals surface area contributed by atoms with Gasteiger partial charge in [0.2, 0.25) is 12.3 Å². The highest BCUT2D eigenvalue weighted by atomic mass is 19.3. The third-order valence-corrected chi connectivity index (χ3v) is 11.5. The van der Waals surface area contributed by atoms with Crippen LogP contribution in [-0.4, -0.2) is 31.3 Å². The molecule has 3 aromatic carbocycles. The van der Waals surface area contributed by atoms with Gasteiger partial charge in [-0.3, -0.25) is 4.79 Å². The van der Waals surface area contributed by atoms with Crippen LogP contribution in [0, 0.1) is 17.6 Å². The minimum atomic E-state index is -2.25. The molecule has 0 unspecified atom stereocenters. The molecule has 9 heteroatoms. The number of halogens is 4. The fourth-order valence-electron chi connectivity index (χ4n) is 8.04. The lowest BCUT2D eigenvalue weighted by Gasteiger charge is -2.25. The molecule has 1 fully saturated rings. The zero-order chi connectivity index (χ0) is 41.2. The van der Waals surface area contributed by atoms with Crippen molar-refractivity contribution in [2.24, 2.45) is 11.1 Å². The Hall–Kier alpha value is -4.66. The SMILES string of the molecule is O=C(Cc1ccccc1)NC1=C(c2c(OCCCCCCCCCC(F)F)ccc(F)c2F)/C(=N\OCCCCCCCCCCC2CC2)C=C2C1=Cc1ccccc12. The molecule has 59 heavy (non-hydrogen) atoms. The molecule has 0 aromatic heterocycles. The van der Waals surface area contributed by atoms with E-state index >= 15 is 8.78 Å². The normalized spacial score (nSPS) is 15.3. The topological polar surface area (TPSA) is 59.9 Å². The molecule has 0 saturated heterocycles. The predicted molar refractivity (Wildman–Crippen MR) is 230 cm³/mol. The lowest BCUT2D eigenvalue weighted by atomic mass is 9.85. The van der Waals surface area contributed by atoms with Gasteiger partial charge in [-0.25, -0.2) is 17.6 Å². The number of hydrogen-bond donors (Lipinski definition) is 1. The monoisotopic (exact) mass is 812 g/mol.